The Bertz CT molecular complexity index is 744. The first-order valence-electron chi connectivity index (χ1n) is 8.55. The van der Waals surface area contributed by atoms with Gasteiger partial charge >= 0.3 is 12.1 Å². The maximum Gasteiger partial charge on any atom is 0.407 e. The van der Waals surface area contributed by atoms with E-state index < -0.39 is 12.1 Å². The maximum atomic E-state index is 11.9. The van der Waals surface area contributed by atoms with Crippen molar-refractivity contribution >= 4 is 12.1 Å². The average molecular weight is 355 g/mol. The molecule has 0 fully saturated rings. The van der Waals surface area contributed by atoms with E-state index in [1.54, 1.807) is 0 Å². The van der Waals surface area contributed by atoms with Crippen molar-refractivity contribution in [1.29, 1.82) is 0 Å². The lowest BCUT2D eigenvalue weighted by molar-refractivity contribution is -0.138. The fraction of sp³-hybridized carbons (Fsp3) is 0.300. The number of hydrogen-bond donors (Lipinski definition) is 2. The molecule has 0 aromatic heterocycles. The normalized spacial score (nSPS) is 12.3. The Kier molecular flexibility index (Phi) is 5.86. The van der Waals surface area contributed by atoms with Crippen LogP contribution < -0.4 is 5.32 Å². The second-order valence-electron chi connectivity index (χ2n) is 6.01. The molecule has 0 aliphatic heterocycles. The van der Waals surface area contributed by atoms with Gasteiger partial charge in [-0.1, -0.05) is 48.5 Å². The van der Waals surface area contributed by atoms with E-state index in [0.717, 1.165) is 0 Å². The number of alkyl carbamates (subject to hydrolysis) is 1. The summed E-state index contributed by atoms with van der Waals surface area (Å²) in [6.07, 6.45) is -0.556. The Hall–Kier alpha value is -2.86. The zero-order valence-corrected chi connectivity index (χ0v) is 14.3. The van der Waals surface area contributed by atoms with E-state index >= 15 is 0 Å². The minimum Gasteiger partial charge on any atom is -0.481 e. The molecule has 136 valence electrons. The molecule has 3 rings (SSSR count). The highest BCUT2D eigenvalue weighted by molar-refractivity contribution is 5.79. The number of carboxylic acids is 1. The van der Waals surface area contributed by atoms with Crippen LogP contribution in [-0.4, -0.2) is 43.5 Å². The van der Waals surface area contributed by atoms with Crippen molar-refractivity contribution in [1.82, 2.24) is 5.32 Å². The third-order valence-corrected chi connectivity index (χ3v) is 4.32. The summed E-state index contributed by atoms with van der Waals surface area (Å²) in [5.74, 6) is -0.880. The van der Waals surface area contributed by atoms with E-state index in [-0.39, 0.29) is 38.7 Å². The van der Waals surface area contributed by atoms with Crippen molar-refractivity contribution in [3.8, 4) is 11.1 Å². The topological polar surface area (TPSA) is 84.9 Å². The van der Waals surface area contributed by atoms with E-state index in [2.05, 4.69) is 29.6 Å². The highest BCUT2D eigenvalue weighted by atomic mass is 16.5. The Balaban J connectivity index is 1.49. The molecule has 0 bridgehead atoms. The summed E-state index contributed by atoms with van der Waals surface area (Å²) in [5, 5.41) is 11.1. The number of hydrogen-bond acceptors (Lipinski definition) is 4. The Morgan fingerprint density at radius 3 is 2.19 bits per heavy atom. The van der Waals surface area contributed by atoms with Crippen molar-refractivity contribution in [3.63, 3.8) is 0 Å². The lowest BCUT2D eigenvalue weighted by Gasteiger charge is -2.14. The van der Waals surface area contributed by atoms with Gasteiger partial charge in [-0.05, 0) is 22.3 Å². The van der Waals surface area contributed by atoms with Gasteiger partial charge in [-0.2, -0.15) is 0 Å². The van der Waals surface area contributed by atoms with E-state index in [9.17, 15) is 9.59 Å². The van der Waals surface area contributed by atoms with Crippen LogP contribution >= 0.6 is 0 Å². The van der Waals surface area contributed by atoms with Crippen molar-refractivity contribution in [3.05, 3.63) is 59.7 Å². The molecule has 2 aromatic rings. The number of carbonyl (C=O) groups is 2. The summed E-state index contributed by atoms with van der Waals surface area (Å²) in [7, 11) is 0. The molecule has 0 atom stereocenters. The second kappa shape index (κ2) is 8.49. The quantitative estimate of drug-likeness (QED) is 0.711. The molecule has 6 nitrogen and oxygen atoms in total. The van der Waals surface area contributed by atoms with E-state index in [1.807, 2.05) is 24.3 Å². The van der Waals surface area contributed by atoms with Crippen molar-refractivity contribution in [2.45, 2.75) is 12.3 Å². The molecular formula is C20H21NO5. The van der Waals surface area contributed by atoms with E-state index in [0.29, 0.717) is 0 Å². The zero-order valence-electron chi connectivity index (χ0n) is 14.3. The minimum absolute atomic E-state index is 0.0277. The van der Waals surface area contributed by atoms with Crippen LogP contribution in [0.25, 0.3) is 11.1 Å². The van der Waals surface area contributed by atoms with Crippen LogP contribution in [0.1, 0.15) is 23.5 Å². The lowest BCUT2D eigenvalue weighted by Crippen LogP contribution is -2.29. The molecule has 2 N–H and O–H groups in total. The van der Waals surface area contributed by atoms with Gasteiger partial charge in [0.25, 0.3) is 0 Å². The van der Waals surface area contributed by atoms with Gasteiger partial charge in [0.15, 0.2) is 0 Å². The first kappa shape index (κ1) is 17.9. The van der Waals surface area contributed by atoms with Crippen molar-refractivity contribution in [2.75, 3.05) is 26.4 Å². The van der Waals surface area contributed by atoms with E-state index in [1.165, 1.54) is 22.3 Å². The highest BCUT2D eigenvalue weighted by Gasteiger charge is 2.28. The molecule has 0 heterocycles. The summed E-state index contributed by atoms with van der Waals surface area (Å²) in [6, 6.07) is 16.3. The minimum atomic E-state index is -0.908. The molecule has 0 unspecified atom stereocenters. The molecule has 6 heteroatoms. The molecule has 2 aromatic carbocycles. The monoisotopic (exact) mass is 355 g/mol. The summed E-state index contributed by atoms with van der Waals surface area (Å²) >= 11 is 0. The predicted molar refractivity (Wildman–Crippen MR) is 96.1 cm³/mol. The van der Waals surface area contributed by atoms with Gasteiger partial charge in [0.1, 0.15) is 6.61 Å². The summed E-state index contributed by atoms with van der Waals surface area (Å²) in [5.41, 5.74) is 4.70. The molecular weight excluding hydrogens is 334 g/mol. The molecule has 0 saturated carbocycles. The van der Waals surface area contributed by atoms with Crippen LogP contribution in [0.3, 0.4) is 0 Å². The number of ether oxygens (including phenoxy) is 2. The van der Waals surface area contributed by atoms with Gasteiger partial charge in [0, 0.05) is 12.5 Å². The molecule has 1 aliphatic carbocycles. The highest BCUT2D eigenvalue weighted by Crippen LogP contribution is 2.44. The standard InChI is InChI=1S/C20H21NO5/c22-19(23)9-11-25-12-10-21-20(24)26-13-18-16-7-3-1-5-14(16)15-6-2-4-8-17(15)18/h1-8,18H,9-13H2,(H,21,24)(H,22,23). The molecule has 0 spiro atoms. The lowest BCUT2D eigenvalue weighted by atomic mass is 9.98. The molecule has 26 heavy (non-hydrogen) atoms. The third-order valence-electron chi connectivity index (χ3n) is 4.32. The first-order chi connectivity index (χ1) is 12.7. The van der Waals surface area contributed by atoms with E-state index in [4.69, 9.17) is 14.6 Å². The predicted octanol–water partition coefficient (Wildman–Crippen LogP) is 3.02. The molecule has 1 amide bonds. The van der Waals surface area contributed by atoms with Crippen LogP contribution in [0, 0.1) is 0 Å². The van der Waals surface area contributed by atoms with Gasteiger partial charge in [-0.25, -0.2) is 4.79 Å². The van der Waals surface area contributed by atoms with Gasteiger partial charge in [0.2, 0.25) is 0 Å². The molecule has 0 saturated heterocycles. The number of amides is 1. The largest absolute Gasteiger partial charge is 0.481 e. The van der Waals surface area contributed by atoms with Gasteiger partial charge in [-0.15, -0.1) is 0 Å². The Labute approximate surface area is 151 Å². The van der Waals surface area contributed by atoms with Crippen molar-refractivity contribution in [2.24, 2.45) is 0 Å². The summed E-state index contributed by atoms with van der Waals surface area (Å²) in [4.78, 5) is 22.2. The molecule has 0 radical (unpaired) electrons. The Morgan fingerprint density at radius 1 is 0.962 bits per heavy atom. The van der Waals surface area contributed by atoms with Crippen LogP contribution in [0.15, 0.2) is 48.5 Å². The fourth-order valence-electron chi connectivity index (χ4n) is 3.14. The average Bonchev–Trinajstić information content (AvgIpc) is 2.96. The van der Waals surface area contributed by atoms with Gasteiger partial charge in [-0.3, -0.25) is 4.79 Å². The van der Waals surface area contributed by atoms with Crippen molar-refractivity contribution < 1.29 is 24.2 Å². The van der Waals surface area contributed by atoms with Crippen LogP contribution in [-0.2, 0) is 14.3 Å². The SMILES string of the molecule is O=C(O)CCOCCNC(=O)OCC1c2ccccc2-c2ccccc21. The second-order valence-corrected chi connectivity index (χ2v) is 6.01. The fourth-order valence-corrected chi connectivity index (χ4v) is 3.14. The number of fused-ring (bicyclic) bond motifs is 3. The number of nitrogens with one attached hydrogen (secondary N) is 1. The maximum absolute atomic E-state index is 11.9. The smallest absolute Gasteiger partial charge is 0.407 e. The number of rotatable bonds is 8. The zero-order chi connectivity index (χ0) is 18.4. The molecule has 1 aliphatic rings. The summed E-state index contributed by atoms with van der Waals surface area (Å²) in [6.45, 7) is 0.912. The number of benzene rings is 2. The van der Waals surface area contributed by atoms with Gasteiger partial charge in [0.05, 0.1) is 19.6 Å². The Morgan fingerprint density at radius 2 is 1.58 bits per heavy atom. The van der Waals surface area contributed by atoms with Crippen LogP contribution in [0.5, 0.6) is 0 Å². The number of aliphatic carboxylic acids is 1. The first-order valence-corrected chi connectivity index (χ1v) is 8.55. The summed E-state index contributed by atoms with van der Waals surface area (Å²) < 4.78 is 10.5. The van der Waals surface area contributed by atoms with Gasteiger partial charge < -0.3 is 19.9 Å². The third kappa shape index (κ3) is 4.21. The number of carboxylic acid groups (broad SMARTS) is 1. The number of carbonyl (C=O) groups excluding carboxylic acids is 1. The van der Waals surface area contributed by atoms with Crippen LogP contribution in [0.4, 0.5) is 4.79 Å². The van der Waals surface area contributed by atoms with Crippen LogP contribution in [0.2, 0.25) is 0 Å².